The summed E-state index contributed by atoms with van der Waals surface area (Å²) in [6.07, 6.45) is 0. The van der Waals surface area contributed by atoms with Crippen molar-refractivity contribution in [2.45, 2.75) is 20.0 Å². The molecule has 2 aromatic carbocycles. The van der Waals surface area contributed by atoms with Crippen LogP contribution in [0.1, 0.15) is 18.1 Å². The zero-order valence-electron chi connectivity index (χ0n) is 16.8. The van der Waals surface area contributed by atoms with Gasteiger partial charge < -0.3 is 24.4 Å². The smallest absolute Gasteiger partial charge is 0.194 e. The summed E-state index contributed by atoms with van der Waals surface area (Å²) >= 11 is 0. The summed E-state index contributed by atoms with van der Waals surface area (Å²) in [7, 11) is 6.97. The number of aliphatic imine (C=N–C) groups is 1. The SMILES string of the molecule is CCNC(=NCc1ccc(OC)c(OC)c1)N(C)Cc1ccc(OC)cc1. The van der Waals surface area contributed by atoms with Crippen LogP contribution in [0.15, 0.2) is 47.5 Å². The molecule has 6 nitrogen and oxygen atoms in total. The van der Waals surface area contributed by atoms with Crippen molar-refractivity contribution >= 4 is 5.96 Å². The van der Waals surface area contributed by atoms with Gasteiger partial charge in [-0.05, 0) is 42.3 Å². The van der Waals surface area contributed by atoms with E-state index in [1.54, 1.807) is 21.3 Å². The Hall–Kier alpha value is -2.89. The summed E-state index contributed by atoms with van der Waals surface area (Å²) in [6.45, 7) is 4.17. The number of nitrogens with one attached hydrogen (secondary N) is 1. The van der Waals surface area contributed by atoms with Gasteiger partial charge in [-0.3, -0.25) is 0 Å². The Bertz CT molecular complexity index is 745. The second-order valence-electron chi connectivity index (χ2n) is 6.06. The van der Waals surface area contributed by atoms with E-state index in [2.05, 4.69) is 29.3 Å². The average molecular weight is 371 g/mol. The fraction of sp³-hybridized carbons (Fsp3) is 0.381. The van der Waals surface area contributed by atoms with Crippen LogP contribution in [-0.4, -0.2) is 45.8 Å². The molecular formula is C21H29N3O3. The highest BCUT2D eigenvalue weighted by Gasteiger charge is 2.08. The van der Waals surface area contributed by atoms with Gasteiger partial charge in [0.25, 0.3) is 0 Å². The van der Waals surface area contributed by atoms with E-state index in [1.807, 2.05) is 37.4 Å². The normalized spacial score (nSPS) is 11.1. The molecular weight excluding hydrogens is 342 g/mol. The number of nitrogens with zero attached hydrogens (tertiary/aromatic N) is 2. The molecule has 0 heterocycles. The van der Waals surface area contributed by atoms with E-state index in [-0.39, 0.29) is 0 Å². The van der Waals surface area contributed by atoms with E-state index >= 15 is 0 Å². The van der Waals surface area contributed by atoms with Crippen LogP contribution in [0.4, 0.5) is 0 Å². The minimum Gasteiger partial charge on any atom is -0.497 e. The fourth-order valence-electron chi connectivity index (χ4n) is 2.69. The van der Waals surface area contributed by atoms with Crippen molar-refractivity contribution in [2.75, 3.05) is 34.9 Å². The van der Waals surface area contributed by atoms with Crippen molar-refractivity contribution in [3.05, 3.63) is 53.6 Å². The lowest BCUT2D eigenvalue weighted by atomic mass is 10.2. The Labute approximate surface area is 161 Å². The Balaban J connectivity index is 2.10. The highest BCUT2D eigenvalue weighted by molar-refractivity contribution is 5.79. The Morgan fingerprint density at radius 1 is 0.926 bits per heavy atom. The molecule has 1 N–H and O–H groups in total. The van der Waals surface area contributed by atoms with E-state index in [4.69, 9.17) is 19.2 Å². The molecule has 0 unspecified atom stereocenters. The van der Waals surface area contributed by atoms with Crippen molar-refractivity contribution in [2.24, 2.45) is 4.99 Å². The minimum absolute atomic E-state index is 0.551. The van der Waals surface area contributed by atoms with Crippen LogP contribution in [-0.2, 0) is 13.1 Å². The molecule has 0 saturated heterocycles. The van der Waals surface area contributed by atoms with Gasteiger partial charge in [0.05, 0.1) is 27.9 Å². The highest BCUT2D eigenvalue weighted by Crippen LogP contribution is 2.27. The summed E-state index contributed by atoms with van der Waals surface area (Å²) in [5.41, 5.74) is 2.25. The molecule has 6 heteroatoms. The average Bonchev–Trinajstić information content (AvgIpc) is 2.71. The molecule has 0 amide bonds. The lowest BCUT2D eigenvalue weighted by molar-refractivity contribution is 0.354. The van der Waals surface area contributed by atoms with Gasteiger partial charge in [0.15, 0.2) is 17.5 Å². The second kappa shape index (κ2) is 10.3. The third-order valence-electron chi connectivity index (χ3n) is 4.13. The molecule has 0 atom stereocenters. The molecule has 2 rings (SSSR count). The van der Waals surface area contributed by atoms with E-state index in [9.17, 15) is 0 Å². The molecule has 0 aliphatic rings. The molecule has 0 aliphatic heterocycles. The molecule has 0 saturated carbocycles. The lowest BCUT2D eigenvalue weighted by Crippen LogP contribution is -2.38. The van der Waals surface area contributed by atoms with Gasteiger partial charge in [-0.1, -0.05) is 18.2 Å². The number of benzene rings is 2. The summed E-state index contributed by atoms with van der Waals surface area (Å²) in [4.78, 5) is 6.86. The van der Waals surface area contributed by atoms with Gasteiger partial charge in [0, 0.05) is 20.1 Å². The number of guanidine groups is 1. The second-order valence-corrected chi connectivity index (χ2v) is 6.06. The number of hydrogen-bond donors (Lipinski definition) is 1. The van der Waals surface area contributed by atoms with Crippen molar-refractivity contribution < 1.29 is 14.2 Å². The predicted octanol–water partition coefficient (Wildman–Crippen LogP) is 3.31. The first-order valence-corrected chi connectivity index (χ1v) is 8.94. The van der Waals surface area contributed by atoms with Gasteiger partial charge >= 0.3 is 0 Å². The first-order chi connectivity index (χ1) is 13.1. The summed E-state index contributed by atoms with van der Waals surface area (Å²) < 4.78 is 15.9. The number of ether oxygens (including phenoxy) is 3. The van der Waals surface area contributed by atoms with Gasteiger partial charge in [-0.15, -0.1) is 0 Å². The van der Waals surface area contributed by atoms with E-state index < -0.39 is 0 Å². The Kier molecular flexibility index (Phi) is 7.79. The topological polar surface area (TPSA) is 55.3 Å². The van der Waals surface area contributed by atoms with Crippen LogP contribution < -0.4 is 19.5 Å². The molecule has 27 heavy (non-hydrogen) atoms. The highest BCUT2D eigenvalue weighted by atomic mass is 16.5. The van der Waals surface area contributed by atoms with Crippen molar-refractivity contribution in [3.63, 3.8) is 0 Å². The first-order valence-electron chi connectivity index (χ1n) is 8.94. The number of hydrogen-bond acceptors (Lipinski definition) is 4. The Morgan fingerprint density at radius 2 is 1.59 bits per heavy atom. The van der Waals surface area contributed by atoms with Crippen LogP contribution in [0.5, 0.6) is 17.2 Å². The van der Waals surface area contributed by atoms with Crippen LogP contribution in [0.2, 0.25) is 0 Å². The monoisotopic (exact) mass is 371 g/mol. The predicted molar refractivity (Wildman–Crippen MR) is 109 cm³/mol. The van der Waals surface area contributed by atoms with Gasteiger partial charge in [-0.2, -0.15) is 0 Å². The Morgan fingerprint density at radius 3 is 2.19 bits per heavy atom. The molecule has 0 aromatic heterocycles. The molecule has 0 fully saturated rings. The van der Waals surface area contributed by atoms with Crippen molar-refractivity contribution in [1.29, 1.82) is 0 Å². The van der Waals surface area contributed by atoms with E-state index in [1.165, 1.54) is 5.56 Å². The number of methoxy groups -OCH3 is 3. The summed E-state index contributed by atoms with van der Waals surface area (Å²) in [5.74, 6) is 3.13. The first kappa shape index (κ1) is 20.4. The molecule has 0 aliphatic carbocycles. The standard InChI is InChI=1S/C21H29N3O3/c1-6-22-21(24(2)15-16-7-10-18(25-3)11-8-16)23-14-17-9-12-19(26-4)20(13-17)27-5/h7-13H,6,14-15H2,1-5H3,(H,22,23). The summed E-state index contributed by atoms with van der Waals surface area (Å²) in [6, 6.07) is 13.9. The molecule has 2 aromatic rings. The van der Waals surface area contributed by atoms with Gasteiger partial charge in [0.2, 0.25) is 0 Å². The third-order valence-corrected chi connectivity index (χ3v) is 4.13. The maximum atomic E-state index is 5.37. The van der Waals surface area contributed by atoms with E-state index in [0.717, 1.165) is 30.4 Å². The van der Waals surface area contributed by atoms with Crippen molar-refractivity contribution in [1.82, 2.24) is 10.2 Å². The molecule has 0 radical (unpaired) electrons. The van der Waals surface area contributed by atoms with Gasteiger partial charge in [-0.25, -0.2) is 4.99 Å². The maximum Gasteiger partial charge on any atom is 0.194 e. The van der Waals surface area contributed by atoms with Crippen LogP contribution in [0.25, 0.3) is 0 Å². The van der Waals surface area contributed by atoms with Crippen molar-refractivity contribution in [3.8, 4) is 17.2 Å². The third kappa shape index (κ3) is 5.81. The number of rotatable bonds is 8. The lowest BCUT2D eigenvalue weighted by Gasteiger charge is -2.22. The molecule has 0 bridgehead atoms. The van der Waals surface area contributed by atoms with Gasteiger partial charge in [0.1, 0.15) is 5.75 Å². The zero-order valence-corrected chi connectivity index (χ0v) is 16.8. The quantitative estimate of drug-likeness (QED) is 0.570. The van der Waals surface area contributed by atoms with Crippen LogP contribution in [0, 0.1) is 0 Å². The van der Waals surface area contributed by atoms with Crippen LogP contribution >= 0.6 is 0 Å². The largest absolute Gasteiger partial charge is 0.497 e. The maximum absolute atomic E-state index is 5.37. The fourth-order valence-corrected chi connectivity index (χ4v) is 2.69. The van der Waals surface area contributed by atoms with E-state index in [0.29, 0.717) is 18.0 Å². The van der Waals surface area contributed by atoms with Crippen LogP contribution in [0.3, 0.4) is 0 Å². The molecule has 0 spiro atoms. The molecule has 146 valence electrons. The summed E-state index contributed by atoms with van der Waals surface area (Å²) in [5, 5.41) is 3.34. The minimum atomic E-state index is 0.551. The zero-order chi connectivity index (χ0) is 19.6.